The van der Waals surface area contributed by atoms with E-state index in [0.29, 0.717) is 12.6 Å². The highest BCUT2D eigenvalue weighted by Crippen LogP contribution is 2.24. The smallest absolute Gasteiger partial charge is 0.252 e. The molecule has 1 aliphatic carbocycles. The first-order valence-electron chi connectivity index (χ1n) is 6.83. The Morgan fingerprint density at radius 3 is 2.84 bits per heavy atom. The molecular formula is C15H21NO2S. The molecule has 3 nitrogen and oxygen atoms in total. The number of carbonyl (C=O) groups is 1. The Morgan fingerprint density at radius 2 is 2.11 bits per heavy atom. The highest BCUT2D eigenvalue weighted by Gasteiger charge is 2.19. The van der Waals surface area contributed by atoms with Gasteiger partial charge < -0.3 is 10.1 Å². The Morgan fingerprint density at radius 1 is 1.37 bits per heavy atom. The Kier molecular flexibility index (Phi) is 5.73. The maximum atomic E-state index is 12.3. The molecule has 1 amide bonds. The molecule has 0 heterocycles. The van der Waals surface area contributed by atoms with Gasteiger partial charge in [0.15, 0.2) is 0 Å². The molecule has 1 aromatic carbocycles. The predicted octanol–water partition coefficient (Wildman–Crippen LogP) is 3.10. The zero-order valence-electron chi connectivity index (χ0n) is 11.4. The summed E-state index contributed by atoms with van der Waals surface area (Å²) in [5.41, 5.74) is 0.788. The molecule has 4 heteroatoms. The third kappa shape index (κ3) is 4.25. The first-order valence-corrected chi connectivity index (χ1v) is 7.81. The summed E-state index contributed by atoms with van der Waals surface area (Å²) in [6.07, 6.45) is 4.69. The first kappa shape index (κ1) is 14.4. The summed E-state index contributed by atoms with van der Waals surface area (Å²) in [4.78, 5) is 13.3. The van der Waals surface area contributed by atoms with Crippen molar-refractivity contribution in [1.82, 2.24) is 5.32 Å². The Balaban J connectivity index is 1.98. The van der Waals surface area contributed by atoms with E-state index in [2.05, 4.69) is 5.32 Å². The summed E-state index contributed by atoms with van der Waals surface area (Å²) in [5.74, 6) is 0.928. The van der Waals surface area contributed by atoms with Crippen molar-refractivity contribution in [1.29, 1.82) is 0 Å². The molecule has 0 spiro atoms. The van der Waals surface area contributed by atoms with Crippen LogP contribution in [0.25, 0.3) is 0 Å². The number of carbonyl (C=O) groups excluding carboxylic acids is 1. The third-order valence-corrected chi connectivity index (χ3v) is 4.40. The number of benzene rings is 1. The zero-order chi connectivity index (χ0) is 13.5. The van der Waals surface area contributed by atoms with Gasteiger partial charge in [0.25, 0.3) is 5.91 Å². The van der Waals surface area contributed by atoms with Crippen molar-refractivity contribution in [2.75, 3.05) is 19.5 Å². The lowest BCUT2D eigenvalue weighted by Crippen LogP contribution is -2.32. The number of ether oxygens (including phenoxy) is 1. The molecule has 1 aromatic rings. The molecule has 0 saturated heterocycles. The van der Waals surface area contributed by atoms with Crippen molar-refractivity contribution in [3.05, 3.63) is 29.8 Å². The molecule has 0 aromatic heterocycles. The molecular weight excluding hydrogens is 258 g/mol. The van der Waals surface area contributed by atoms with E-state index in [4.69, 9.17) is 4.74 Å². The van der Waals surface area contributed by atoms with Crippen LogP contribution in [0.5, 0.6) is 0 Å². The van der Waals surface area contributed by atoms with Gasteiger partial charge in [0.2, 0.25) is 0 Å². The average Bonchev–Trinajstić information content (AvgIpc) is 2.92. The second-order valence-corrected chi connectivity index (χ2v) is 5.93. The molecule has 0 radical (unpaired) electrons. The number of rotatable bonds is 6. The quantitative estimate of drug-likeness (QED) is 0.642. The monoisotopic (exact) mass is 279 g/mol. The van der Waals surface area contributed by atoms with Gasteiger partial charge in [-0.15, -0.1) is 11.8 Å². The van der Waals surface area contributed by atoms with Gasteiger partial charge >= 0.3 is 0 Å². The van der Waals surface area contributed by atoms with Crippen molar-refractivity contribution >= 4 is 17.7 Å². The van der Waals surface area contributed by atoms with Crippen LogP contribution in [0.4, 0.5) is 0 Å². The highest BCUT2D eigenvalue weighted by atomic mass is 32.2. The van der Waals surface area contributed by atoms with E-state index < -0.39 is 0 Å². The molecule has 1 saturated carbocycles. The van der Waals surface area contributed by atoms with Gasteiger partial charge in [-0.1, -0.05) is 25.0 Å². The van der Waals surface area contributed by atoms with Crippen LogP contribution in [0.2, 0.25) is 0 Å². The summed E-state index contributed by atoms with van der Waals surface area (Å²) in [6.45, 7) is 0.698. The van der Waals surface area contributed by atoms with Crippen LogP contribution in [-0.4, -0.2) is 31.4 Å². The molecule has 104 valence electrons. The van der Waals surface area contributed by atoms with Gasteiger partial charge in [-0.05, 0) is 25.0 Å². The standard InChI is InChI=1S/C15H21NO2S/c1-18-10-11-19-14-9-5-4-8-13(14)15(17)16-12-6-2-3-7-12/h4-5,8-9,12H,2-3,6-7,10-11H2,1H3,(H,16,17). The van der Waals surface area contributed by atoms with Crippen LogP contribution in [0.15, 0.2) is 29.2 Å². The van der Waals surface area contributed by atoms with Crippen LogP contribution < -0.4 is 5.32 Å². The maximum Gasteiger partial charge on any atom is 0.252 e. The normalized spacial score (nSPS) is 15.6. The third-order valence-electron chi connectivity index (χ3n) is 3.37. The fourth-order valence-electron chi connectivity index (χ4n) is 2.35. The van der Waals surface area contributed by atoms with E-state index in [9.17, 15) is 4.79 Å². The van der Waals surface area contributed by atoms with E-state index in [-0.39, 0.29) is 5.91 Å². The zero-order valence-corrected chi connectivity index (χ0v) is 12.2. The molecule has 0 aliphatic heterocycles. The molecule has 0 atom stereocenters. The Labute approximate surface area is 119 Å². The summed E-state index contributed by atoms with van der Waals surface area (Å²) in [7, 11) is 1.69. The van der Waals surface area contributed by atoms with E-state index in [0.717, 1.165) is 29.1 Å². The topological polar surface area (TPSA) is 38.3 Å². The predicted molar refractivity (Wildman–Crippen MR) is 78.8 cm³/mol. The molecule has 1 aliphatic rings. The molecule has 19 heavy (non-hydrogen) atoms. The van der Waals surface area contributed by atoms with Gasteiger partial charge in [0.05, 0.1) is 12.2 Å². The first-order chi connectivity index (χ1) is 9.31. The Bertz CT molecular complexity index is 416. The largest absolute Gasteiger partial charge is 0.384 e. The van der Waals surface area contributed by atoms with Crippen molar-refractivity contribution in [2.24, 2.45) is 0 Å². The average molecular weight is 279 g/mol. The number of hydrogen-bond acceptors (Lipinski definition) is 3. The Hall–Kier alpha value is -1.00. The van der Waals surface area contributed by atoms with E-state index in [1.165, 1.54) is 12.8 Å². The van der Waals surface area contributed by atoms with Gasteiger partial charge in [-0.25, -0.2) is 0 Å². The van der Waals surface area contributed by atoms with Gasteiger partial charge in [-0.3, -0.25) is 4.79 Å². The van der Waals surface area contributed by atoms with Crippen LogP contribution in [0.1, 0.15) is 36.0 Å². The van der Waals surface area contributed by atoms with Crippen LogP contribution in [-0.2, 0) is 4.74 Å². The number of nitrogens with one attached hydrogen (secondary N) is 1. The van der Waals surface area contributed by atoms with Crippen molar-refractivity contribution in [2.45, 2.75) is 36.6 Å². The summed E-state index contributed by atoms with van der Waals surface area (Å²) >= 11 is 1.67. The minimum absolute atomic E-state index is 0.0624. The summed E-state index contributed by atoms with van der Waals surface area (Å²) in [5, 5.41) is 3.14. The van der Waals surface area contributed by atoms with Crippen molar-refractivity contribution in [3.8, 4) is 0 Å². The van der Waals surface area contributed by atoms with Gasteiger partial charge in [0, 0.05) is 23.8 Å². The number of hydrogen-bond donors (Lipinski definition) is 1. The molecule has 0 bridgehead atoms. The lowest BCUT2D eigenvalue weighted by atomic mass is 10.2. The lowest BCUT2D eigenvalue weighted by Gasteiger charge is -2.14. The van der Waals surface area contributed by atoms with E-state index in [1.54, 1.807) is 18.9 Å². The van der Waals surface area contributed by atoms with Crippen LogP contribution in [0, 0.1) is 0 Å². The minimum atomic E-state index is 0.0624. The molecule has 1 N–H and O–H groups in total. The van der Waals surface area contributed by atoms with Crippen molar-refractivity contribution in [3.63, 3.8) is 0 Å². The number of amides is 1. The second kappa shape index (κ2) is 7.56. The fourth-order valence-corrected chi connectivity index (χ4v) is 3.31. The van der Waals surface area contributed by atoms with Crippen molar-refractivity contribution < 1.29 is 9.53 Å². The van der Waals surface area contributed by atoms with E-state index >= 15 is 0 Å². The molecule has 2 rings (SSSR count). The minimum Gasteiger partial charge on any atom is -0.384 e. The van der Waals surface area contributed by atoms with E-state index in [1.807, 2.05) is 24.3 Å². The fraction of sp³-hybridized carbons (Fsp3) is 0.533. The maximum absolute atomic E-state index is 12.3. The summed E-state index contributed by atoms with van der Waals surface area (Å²) < 4.78 is 5.05. The number of methoxy groups -OCH3 is 1. The van der Waals surface area contributed by atoms with Crippen LogP contribution >= 0.6 is 11.8 Å². The SMILES string of the molecule is COCCSc1ccccc1C(=O)NC1CCCC1. The van der Waals surface area contributed by atoms with Gasteiger partial charge in [0.1, 0.15) is 0 Å². The summed E-state index contributed by atoms with van der Waals surface area (Å²) in [6, 6.07) is 8.17. The lowest BCUT2D eigenvalue weighted by molar-refractivity contribution is 0.0935. The van der Waals surface area contributed by atoms with Crippen LogP contribution in [0.3, 0.4) is 0 Å². The molecule has 0 unspecified atom stereocenters. The highest BCUT2D eigenvalue weighted by molar-refractivity contribution is 7.99. The number of thioether (sulfide) groups is 1. The second-order valence-electron chi connectivity index (χ2n) is 4.79. The van der Waals surface area contributed by atoms with Gasteiger partial charge in [-0.2, -0.15) is 0 Å². The molecule has 1 fully saturated rings.